The van der Waals surface area contributed by atoms with Crippen LogP contribution in [0.15, 0.2) is 18.2 Å². The molecule has 4 atom stereocenters. The molecule has 0 bridgehead atoms. The van der Waals surface area contributed by atoms with E-state index in [1.807, 2.05) is 12.1 Å². The number of carbonyl (C=O) groups excluding carboxylic acids is 2. The molecular formula is C20H26N4O4. The Morgan fingerprint density at radius 1 is 1.07 bits per heavy atom. The molecule has 4 unspecified atom stereocenters. The van der Waals surface area contributed by atoms with E-state index in [1.54, 1.807) is 6.07 Å². The highest BCUT2D eigenvalue weighted by molar-refractivity contribution is 6.22. The summed E-state index contributed by atoms with van der Waals surface area (Å²) in [4.78, 5) is 29.3. The van der Waals surface area contributed by atoms with Gasteiger partial charge in [-0.2, -0.15) is 0 Å². The number of imide groups is 1. The smallest absolute Gasteiger partial charge is 0.262 e. The molecule has 3 saturated heterocycles. The molecule has 0 aromatic heterocycles. The van der Waals surface area contributed by atoms with E-state index >= 15 is 0 Å². The second-order valence-electron chi connectivity index (χ2n) is 8.58. The van der Waals surface area contributed by atoms with Crippen LogP contribution in [0.4, 0.5) is 5.69 Å². The number of nitrogens with one attached hydrogen (secondary N) is 2. The molecule has 2 amide bonds. The van der Waals surface area contributed by atoms with E-state index in [4.69, 9.17) is 0 Å². The molecule has 4 aliphatic heterocycles. The molecule has 0 aliphatic carbocycles. The average molecular weight is 386 g/mol. The van der Waals surface area contributed by atoms with E-state index < -0.39 is 18.5 Å². The summed E-state index contributed by atoms with van der Waals surface area (Å²) in [6.07, 6.45) is 1.12. The normalized spacial score (nSPS) is 35.3. The van der Waals surface area contributed by atoms with Gasteiger partial charge in [0.05, 0.1) is 17.2 Å². The van der Waals surface area contributed by atoms with Gasteiger partial charge in [0, 0.05) is 30.7 Å². The Morgan fingerprint density at radius 3 is 2.64 bits per heavy atom. The van der Waals surface area contributed by atoms with Gasteiger partial charge in [0.2, 0.25) is 0 Å². The first kappa shape index (κ1) is 18.1. The summed E-state index contributed by atoms with van der Waals surface area (Å²) >= 11 is 0. The summed E-state index contributed by atoms with van der Waals surface area (Å²) < 4.78 is 0. The third-order valence-electron chi connectivity index (χ3n) is 6.83. The monoisotopic (exact) mass is 386 g/mol. The second-order valence-corrected chi connectivity index (χ2v) is 8.58. The molecule has 1 aromatic carbocycles. The van der Waals surface area contributed by atoms with Crippen LogP contribution in [0.2, 0.25) is 0 Å². The van der Waals surface area contributed by atoms with E-state index in [9.17, 15) is 19.8 Å². The quantitative estimate of drug-likeness (QED) is 0.525. The summed E-state index contributed by atoms with van der Waals surface area (Å²) in [5, 5.41) is 25.9. The van der Waals surface area contributed by atoms with Gasteiger partial charge in [-0.1, -0.05) is 0 Å². The van der Waals surface area contributed by atoms with Crippen molar-refractivity contribution in [2.45, 2.75) is 44.2 Å². The number of rotatable bonds is 2. The number of anilines is 1. The number of hydrogen-bond acceptors (Lipinski definition) is 7. The number of benzene rings is 1. The minimum Gasteiger partial charge on any atom is -0.379 e. The lowest BCUT2D eigenvalue weighted by atomic mass is 9.86. The standard InChI is InChI=1S/C20H26N4O4/c25-16-4-3-15(17(26)22-16)24-18(27)13-2-1-12(9-14(13)19(24)28)23-8-6-20(11-23)5-7-21-10-20/h1-2,9,15-17,21-22,25-26H,3-8,10-11H2. The van der Waals surface area contributed by atoms with Crippen LogP contribution in [0.1, 0.15) is 46.4 Å². The number of nitrogens with zero attached hydrogens (tertiary/aromatic N) is 2. The molecule has 8 heteroatoms. The predicted molar refractivity (Wildman–Crippen MR) is 102 cm³/mol. The molecule has 5 rings (SSSR count). The molecule has 4 aliphatic rings. The van der Waals surface area contributed by atoms with Gasteiger partial charge in [0.1, 0.15) is 12.5 Å². The molecule has 150 valence electrons. The molecule has 28 heavy (non-hydrogen) atoms. The molecule has 1 spiro atoms. The summed E-state index contributed by atoms with van der Waals surface area (Å²) in [6, 6.07) is 4.82. The zero-order valence-corrected chi connectivity index (χ0v) is 15.7. The molecule has 0 radical (unpaired) electrons. The van der Waals surface area contributed by atoms with Crippen molar-refractivity contribution >= 4 is 17.5 Å². The van der Waals surface area contributed by atoms with Gasteiger partial charge in [-0.15, -0.1) is 0 Å². The van der Waals surface area contributed by atoms with Gasteiger partial charge in [-0.05, 0) is 50.4 Å². The maximum atomic E-state index is 13.0. The Hall–Kier alpha value is -2.00. The number of piperidine rings is 1. The van der Waals surface area contributed by atoms with Crippen molar-refractivity contribution in [2.24, 2.45) is 5.41 Å². The molecule has 4 N–H and O–H groups in total. The largest absolute Gasteiger partial charge is 0.379 e. The lowest BCUT2D eigenvalue weighted by Gasteiger charge is -2.36. The van der Waals surface area contributed by atoms with Crippen LogP contribution >= 0.6 is 0 Å². The molecule has 8 nitrogen and oxygen atoms in total. The summed E-state index contributed by atoms with van der Waals surface area (Å²) in [5.74, 6) is -0.729. The maximum Gasteiger partial charge on any atom is 0.262 e. The van der Waals surface area contributed by atoms with E-state index in [0.29, 0.717) is 29.4 Å². The van der Waals surface area contributed by atoms with Crippen LogP contribution in [-0.2, 0) is 0 Å². The van der Waals surface area contributed by atoms with E-state index in [1.165, 1.54) is 6.42 Å². The molecule has 3 fully saturated rings. The van der Waals surface area contributed by atoms with Crippen molar-refractivity contribution in [1.82, 2.24) is 15.5 Å². The molecule has 1 aromatic rings. The van der Waals surface area contributed by atoms with E-state index in [0.717, 1.165) is 43.2 Å². The van der Waals surface area contributed by atoms with Gasteiger partial charge in [0.25, 0.3) is 11.8 Å². The first-order valence-corrected chi connectivity index (χ1v) is 10.1. The number of hydrogen-bond donors (Lipinski definition) is 4. The summed E-state index contributed by atoms with van der Waals surface area (Å²) in [5.41, 5.74) is 2.10. The Balaban J connectivity index is 1.39. The third-order valence-corrected chi connectivity index (χ3v) is 6.83. The summed E-state index contributed by atoms with van der Waals surface area (Å²) in [7, 11) is 0. The van der Waals surface area contributed by atoms with Crippen molar-refractivity contribution < 1.29 is 19.8 Å². The SMILES string of the molecule is O=C1c2ccc(N3CCC4(CCNC4)C3)cc2C(=O)N1C1CCC(O)NC1O. The highest BCUT2D eigenvalue weighted by Crippen LogP contribution is 2.39. The Labute approximate surface area is 163 Å². The second kappa shape index (κ2) is 6.52. The first-order chi connectivity index (χ1) is 13.5. The average Bonchev–Trinajstić information content (AvgIpc) is 3.38. The van der Waals surface area contributed by atoms with Gasteiger partial charge < -0.3 is 20.4 Å². The lowest BCUT2D eigenvalue weighted by molar-refractivity contribution is -0.0413. The first-order valence-electron chi connectivity index (χ1n) is 10.1. The van der Waals surface area contributed by atoms with Crippen molar-refractivity contribution in [2.75, 3.05) is 31.1 Å². The fraction of sp³-hybridized carbons (Fsp3) is 0.600. The Kier molecular flexibility index (Phi) is 4.20. The van der Waals surface area contributed by atoms with Gasteiger partial charge >= 0.3 is 0 Å². The topological polar surface area (TPSA) is 105 Å². The van der Waals surface area contributed by atoms with Crippen LogP contribution in [0.3, 0.4) is 0 Å². The summed E-state index contributed by atoms with van der Waals surface area (Å²) in [6.45, 7) is 4.02. The fourth-order valence-corrected chi connectivity index (χ4v) is 5.19. The molecule has 4 heterocycles. The van der Waals surface area contributed by atoms with Crippen molar-refractivity contribution in [1.29, 1.82) is 0 Å². The van der Waals surface area contributed by atoms with E-state index in [-0.39, 0.29) is 11.8 Å². The number of carbonyl (C=O) groups is 2. The highest BCUT2D eigenvalue weighted by atomic mass is 16.3. The van der Waals surface area contributed by atoms with Crippen molar-refractivity contribution in [3.05, 3.63) is 29.3 Å². The van der Waals surface area contributed by atoms with Crippen molar-refractivity contribution in [3.8, 4) is 0 Å². The van der Waals surface area contributed by atoms with Gasteiger partial charge in [0.15, 0.2) is 0 Å². The Bertz CT molecular complexity index is 822. The van der Waals surface area contributed by atoms with Gasteiger partial charge in [-0.3, -0.25) is 19.8 Å². The van der Waals surface area contributed by atoms with Gasteiger partial charge in [-0.25, -0.2) is 0 Å². The number of fused-ring (bicyclic) bond motifs is 1. The minimum atomic E-state index is -1.13. The fourth-order valence-electron chi connectivity index (χ4n) is 5.19. The van der Waals surface area contributed by atoms with Crippen molar-refractivity contribution in [3.63, 3.8) is 0 Å². The van der Waals surface area contributed by atoms with Crippen LogP contribution in [0.25, 0.3) is 0 Å². The van der Waals surface area contributed by atoms with Crippen LogP contribution < -0.4 is 15.5 Å². The third kappa shape index (κ3) is 2.75. The zero-order valence-electron chi connectivity index (χ0n) is 15.7. The van der Waals surface area contributed by atoms with Crippen LogP contribution in [0.5, 0.6) is 0 Å². The Morgan fingerprint density at radius 2 is 1.89 bits per heavy atom. The maximum absolute atomic E-state index is 13.0. The molecular weight excluding hydrogens is 360 g/mol. The number of amides is 2. The van der Waals surface area contributed by atoms with Crippen LogP contribution in [0, 0.1) is 5.41 Å². The highest BCUT2D eigenvalue weighted by Gasteiger charge is 2.45. The minimum absolute atomic E-state index is 0.323. The van der Waals surface area contributed by atoms with Crippen LogP contribution in [-0.4, -0.2) is 71.6 Å². The lowest BCUT2D eigenvalue weighted by Crippen LogP contribution is -2.58. The number of aliphatic hydroxyl groups excluding tert-OH is 2. The number of aliphatic hydroxyl groups is 2. The zero-order chi connectivity index (χ0) is 19.5. The van der Waals surface area contributed by atoms with E-state index in [2.05, 4.69) is 15.5 Å². The predicted octanol–water partition coefficient (Wildman–Crippen LogP) is -0.139. The molecule has 0 saturated carbocycles.